The molecule has 2 nitrogen and oxygen atoms in total. The van der Waals surface area contributed by atoms with Crippen LogP contribution in [-0.4, -0.2) is 12.2 Å². The number of hydrogen-bond acceptors (Lipinski definition) is 2. The van der Waals surface area contributed by atoms with Crippen LogP contribution < -0.4 is 9.47 Å². The fourth-order valence-corrected chi connectivity index (χ4v) is 8.80. The van der Waals surface area contributed by atoms with Crippen molar-refractivity contribution in [3.8, 4) is 22.6 Å². The normalized spacial score (nSPS) is 26.0. The quantitative estimate of drug-likeness (QED) is 0.189. The van der Waals surface area contributed by atoms with Crippen molar-refractivity contribution in [1.82, 2.24) is 0 Å². The SMILES string of the molecule is CC(C)[C@@H]1CC[C@@H](C)C[C@H]1Oc1ccc2ccc(Br)cc2c1-c1c(O[C@@H]2C[C@H](C)CC[C@H]2C(C)C)ccc2ccc(Br)cc12. The van der Waals surface area contributed by atoms with Gasteiger partial charge in [0.15, 0.2) is 0 Å². The topological polar surface area (TPSA) is 18.5 Å². The van der Waals surface area contributed by atoms with Gasteiger partial charge in [-0.2, -0.15) is 0 Å². The predicted octanol–water partition coefficient (Wildman–Crippen LogP) is 12.9. The summed E-state index contributed by atoms with van der Waals surface area (Å²) < 4.78 is 16.6. The molecule has 0 bridgehead atoms. The van der Waals surface area contributed by atoms with Gasteiger partial charge in [0.05, 0.1) is 0 Å². The van der Waals surface area contributed by atoms with Gasteiger partial charge in [0, 0.05) is 20.1 Å². The zero-order valence-corrected chi connectivity index (χ0v) is 30.4. The minimum atomic E-state index is 0.192. The molecule has 6 rings (SSSR count). The average Bonchev–Trinajstić information content (AvgIpc) is 2.97. The number of fused-ring (bicyclic) bond motifs is 2. The second-order valence-electron chi connectivity index (χ2n) is 14.6. The van der Waals surface area contributed by atoms with Gasteiger partial charge < -0.3 is 9.47 Å². The maximum absolute atomic E-state index is 7.25. The van der Waals surface area contributed by atoms with Crippen molar-refractivity contribution in [2.45, 2.75) is 92.3 Å². The van der Waals surface area contributed by atoms with Gasteiger partial charge in [-0.25, -0.2) is 0 Å². The first-order valence-electron chi connectivity index (χ1n) is 16.9. The molecule has 4 aromatic rings. The van der Waals surface area contributed by atoms with E-state index in [2.05, 4.69) is 134 Å². The molecular formula is C40H48Br2O2. The highest BCUT2D eigenvalue weighted by Gasteiger charge is 2.35. The van der Waals surface area contributed by atoms with Gasteiger partial charge >= 0.3 is 0 Å². The molecule has 2 aliphatic carbocycles. The molecule has 6 atom stereocenters. The molecule has 0 aliphatic heterocycles. The Balaban J connectivity index is 1.58. The average molecular weight is 721 g/mol. The van der Waals surface area contributed by atoms with Crippen molar-refractivity contribution >= 4 is 53.4 Å². The van der Waals surface area contributed by atoms with Gasteiger partial charge in [0.25, 0.3) is 0 Å². The maximum atomic E-state index is 7.25. The van der Waals surface area contributed by atoms with E-state index in [1.54, 1.807) is 0 Å². The van der Waals surface area contributed by atoms with Gasteiger partial charge in [-0.15, -0.1) is 0 Å². The van der Waals surface area contributed by atoms with Gasteiger partial charge in [0.1, 0.15) is 23.7 Å². The summed E-state index contributed by atoms with van der Waals surface area (Å²) in [6, 6.07) is 22.1. The van der Waals surface area contributed by atoms with Crippen LogP contribution in [0.15, 0.2) is 69.6 Å². The van der Waals surface area contributed by atoms with Crippen LogP contribution in [0, 0.1) is 35.5 Å². The lowest BCUT2D eigenvalue weighted by Crippen LogP contribution is -2.36. The van der Waals surface area contributed by atoms with E-state index < -0.39 is 0 Å². The van der Waals surface area contributed by atoms with Crippen molar-refractivity contribution in [2.24, 2.45) is 35.5 Å². The Morgan fingerprint density at radius 1 is 0.568 bits per heavy atom. The Bertz CT molecular complexity index is 1500. The van der Waals surface area contributed by atoms with Crippen LogP contribution in [0.2, 0.25) is 0 Å². The number of halogens is 2. The molecule has 2 fully saturated rings. The van der Waals surface area contributed by atoms with Gasteiger partial charge in [-0.1, -0.05) is 111 Å². The third-order valence-electron chi connectivity index (χ3n) is 10.6. The number of rotatable bonds is 7. The van der Waals surface area contributed by atoms with Crippen molar-refractivity contribution in [2.75, 3.05) is 0 Å². The Morgan fingerprint density at radius 2 is 0.955 bits per heavy atom. The molecule has 4 aromatic carbocycles. The lowest BCUT2D eigenvalue weighted by atomic mass is 9.75. The molecule has 0 heterocycles. The molecule has 0 radical (unpaired) electrons. The molecule has 0 unspecified atom stereocenters. The second kappa shape index (κ2) is 13.4. The third kappa shape index (κ3) is 6.59. The first-order chi connectivity index (χ1) is 21.1. The zero-order chi connectivity index (χ0) is 31.1. The largest absolute Gasteiger partial charge is 0.489 e. The Kier molecular flexibility index (Phi) is 9.70. The minimum Gasteiger partial charge on any atom is -0.489 e. The highest BCUT2D eigenvalue weighted by Crippen LogP contribution is 2.49. The van der Waals surface area contributed by atoms with E-state index in [0.29, 0.717) is 35.5 Å². The Morgan fingerprint density at radius 3 is 1.34 bits per heavy atom. The summed E-state index contributed by atoms with van der Waals surface area (Å²) in [5.74, 6) is 5.53. The van der Waals surface area contributed by atoms with E-state index in [9.17, 15) is 0 Å². The summed E-state index contributed by atoms with van der Waals surface area (Å²) in [7, 11) is 0. The van der Waals surface area contributed by atoms with E-state index in [1.165, 1.54) is 47.2 Å². The lowest BCUT2D eigenvalue weighted by Gasteiger charge is -2.38. The van der Waals surface area contributed by atoms with Crippen LogP contribution in [0.25, 0.3) is 32.7 Å². The van der Waals surface area contributed by atoms with Crippen LogP contribution in [0.4, 0.5) is 0 Å². The first-order valence-corrected chi connectivity index (χ1v) is 18.5. The molecule has 4 heteroatoms. The smallest absolute Gasteiger partial charge is 0.128 e. The van der Waals surface area contributed by atoms with E-state index in [-0.39, 0.29) is 12.2 Å². The molecule has 0 amide bonds. The summed E-state index contributed by atoms with van der Waals surface area (Å²) in [4.78, 5) is 0. The highest BCUT2D eigenvalue weighted by atomic mass is 79.9. The molecule has 2 saturated carbocycles. The summed E-state index contributed by atoms with van der Waals surface area (Å²) in [5.41, 5.74) is 2.29. The van der Waals surface area contributed by atoms with Crippen LogP contribution >= 0.6 is 31.9 Å². The van der Waals surface area contributed by atoms with Crippen LogP contribution in [-0.2, 0) is 0 Å². The lowest BCUT2D eigenvalue weighted by molar-refractivity contribution is 0.0450. The Hall–Kier alpha value is -2.04. The van der Waals surface area contributed by atoms with Crippen LogP contribution in [0.5, 0.6) is 11.5 Å². The minimum absolute atomic E-state index is 0.192. The van der Waals surface area contributed by atoms with Crippen molar-refractivity contribution in [3.05, 3.63) is 69.6 Å². The highest BCUT2D eigenvalue weighted by molar-refractivity contribution is 9.10. The maximum Gasteiger partial charge on any atom is 0.128 e. The first kappa shape index (κ1) is 31.9. The van der Waals surface area contributed by atoms with Gasteiger partial charge in [-0.05, 0) is 119 Å². The summed E-state index contributed by atoms with van der Waals surface area (Å²) in [5, 5.41) is 4.79. The summed E-state index contributed by atoms with van der Waals surface area (Å²) in [6.45, 7) is 14.2. The van der Waals surface area contributed by atoms with Crippen molar-refractivity contribution < 1.29 is 9.47 Å². The molecule has 44 heavy (non-hydrogen) atoms. The van der Waals surface area contributed by atoms with Crippen LogP contribution in [0.1, 0.15) is 80.1 Å². The monoisotopic (exact) mass is 718 g/mol. The standard InChI is InChI=1S/C40H48Br2O2/c1-23(2)31-15-7-25(5)19-37(31)43-35-17-11-27-9-13-29(41)21-33(27)39(35)40-34-22-30(42)14-10-28(34)12-18-36(40)44-38-20-26(6)8-16-32(38)24(3)4/h9-14,17-18,21-26,31-32,37-38H,7-8,15-16,19-20H2,1-6H3/t25-,26-,31+,32+,37-,38-/m1/s1. The Labute approximate surface area is 281 Å². The molecule has 0 saturated heterocycles. The van der Waals surface area contributed by atoms with E-state index in [0.717, 1.165) is 44.4 Å². The van der Waals surface area contributed by atoms with E-state index in [1.807, 2.05) is 0 Å². The molecular weight excluding hydrogens is 672 g/mol. The number of ether oxygens (including phenoxy) is 2. The molecule has 2 aliphatic rings. The zero-order valence-electron chi connectivity index (χ0n) is 27.2. The van der Waals surface area contributed by atoms with Gasteiger partial charge in [0.2, 0.25) is 0 Å². The second-order valence-corrected chi connectivity index (χ2v) is 16.4. The number of benzene rings is 4. The predicted molar refractivity (Wildman–Crippen MR) is 194 cm³/mol. The van der Waals surface area contributed by atoms with Crippen molar-refractivity contribution in [3.63, 3.8) is 0 Å². The molecule has 0 spiro atoms. The van der Waals surface area contributed by atoms with E-state index in [4.69, 9.17) is 9.47 Å². The molecule has 0 aromatic heterocycles. The van der Waals surface area contributed by atoms with E-state index >= 15 is 0 Å². The fraction of sp³-hybridized carbons (Fsp3) is 0.500. The summed E-state index contributed by atoms with van der Waals surface area (Å²) in [6.07, 6.45) is 7.60. The van der Waals surface area contributed by atoms with Crippen LogP contribution in [0.3, 0.4) is 0 Å². The van der Waals surface area contributed by atoms with Crippen molar-refractivity contribution in [1.29, 1.82) is 0 Å². The molecule has 234 valence electrons. The number of hydrogen-bond donors (Lipinski definition) is 0. The fourth-order valence-electron chi connectivity index (χ4n) is 8.08. The van der Waals surface area contributed by atoms with Gasteiger partial charge in [-0.3, -0.25) is 0 Å². The summed E-state index contributed by atoms with van der Waals surface area (Å²) >= 11 is 7.62. The third-order valence-corrected chi connectivity index (χ3v) is 11.6. The molecule has 0 N–H and O–H groups in total.